The number of aromatic nitrogens is 2. The maximum absolute atomic E-state index is 11.4. The summed E-state index contributed by atoms with van der Waals surface area (Å²) in [6, 6.07) is 16.4. The van der Waals surface area contributed by atoms with Gasteiger partial charge in [0, 0.05) is 19.5 Å². The van der Waals surface area contributed by atoms with Gasteiger partial charge >= 0.3 is 5.97 Å². The number of fused-ring (bicyclic) bond motifs is 1. The van der Waals surface area contributed by atoms with Crippen molar-refractivity contribution < 1.29 is 9.90 Å². The Morgan fingerprint density at radius 2 is 1.77 bits per heavy atom. The SMILES string of the molecule is Cn1c(C2CCN(CCc3ccc(C(C)(C)C(=O)O)cc3)CC2)nc2ccccc21. The first-order valence-corrected chi connectivity index (χ1v) is 10.8. The van der Waals surface area contributed by atoms with Gasteiger partial charge in [0.1, 0.15) is 5.82 Å². The molecule has 2 aromatic carbocycles. The number of imidazole rings is 1. The highest BCUT2D eigenvalue weighted by Crippen LogP contribution is 2.30. The van der Waals surface area contributed by atoms with Crippen LogP contribution in [-0.4, -0.2) is 45.2 Å². The van der Waals surface area contributed by atoms with Crippen LogP contribution in [0.4, 0.5) is 0 Å². The van der Waals surface area contributed by atoms with Crippen LogP contribution in [0.15, 0.2) is 48.5 Å². The third-order valence-electron chi connectivity index (χ3n) is 6.70. The number of para-hydroxylation sites is 2. The molecular formula is C25H31N3O2. The van der Waals surface area contributed by atoms with E-state index in [1.807, 2.05) is 12.1 Å². The molecule has 0 aliphatic carbocycles. The second kappa shape index (κ2) is 8.23. The Bertz CT molecular complexity index is 1030. The highest BCUT2D eigenvalue weighted by Gasteiger charge is 2.29. The third-order valence-corrected chi connectivity index (χ3v) is 6.70. The maximum atomic E-state index is 11.4. The fourth-order valence-electron chi connectivity index (χ4n) is 4.44. The molecule has 0 bridgehead atoms. The first-order valence-electron chi connectivity index (χ1n) is 10.8. The number of hydrogen-bond acceptors (Lipinski definition) is 3. The van der Waals surface area contributed by atoms with Crippen molar-refractivity contribution in [1.29, 1.82) is 0 Å². The van der Waals surface area contributed by atoms with Crippen LogP contribution in [0.3, 0.4) is 0 Å². The van der Waals surface area contributed by atoms with Gasteiger partial charge in [-0.05, 0) is 69.5 Å². The summed E-state index contributed by atoms with van der Waals surface area (Å²) >= 11 is 0. The van der Waals surface area contributed by atoms with Gasteiger partial charge in [0.2, 0.25) is 0 Å². The number of carboxylic acids is 1. The quantitative estimate of drug-likeness (QED) is 0.662. The van der Waals surface area contributed by atoms with Crippen LogP contribution in [0.1, 0.15) is 49.6 Å². The van der Waals surface area contributed by atoms with E-state index in [1.54, 1.807) is 13.8 Å². The number of rotatable bonds is 6. The molecule has 0 radical (unpaired) electrons. The number of carbonyl (C=O) groups is 1. The van der Waals surface area contributed by atoms with Crippen molar-refractivity contribution in [3.63, 3.8) is 0 Å². The van der Waals surface area contributed by atoms with Gasteiger partial charge in [0.15, 0.2) is 0 Å². The first kappa shape index (κ1) is 20.6. The van der Waals surface area contributed by atoms with E-state index in [-0.39, 0.29) is 0 Å². The zero-order valence-electron chi connectivity index (χ0n) is 18.1. The minimum atomic E-state index is -0.851. The summed E-state index contributed by atoms with van der Waals surface area (Å²) in [5, 5.41) is 9.39. The monoisotopic (exact) mass is 405 g/mol. The predicted octanol–water partition coefficient (Wildman–Crippen LogP) is 4.36. The summed E-state index contributed by atoms with van der Waals surface area (Å²) in [4.78, 5) is 18.9. The molecule has 0 saturated carbocycles. The molecule has 0 atom stereocenters. The molecule has 1 N–H and O–H groups in total. The molecule has 0 spiro atoms. The van der Waals surface area contributed by atoms with Crippen molar-refractivity contribution in [2.24, 2.45) is 7.05 Å². The number of hydrogen-bond donors (Lipinski definition) is 1. The molecule has 5 heteroatoms. The van der Waals surface area contributed by atoms with E-state index >= 15 is 0 Å². The van der Waals surface area contributed by atoms with Crippen molar-refractivity contribution >= 4 is 17.0 Å². The Labute approximate surface area is 178 Å². The van der Waals surface area contributed by atoms with Crippen LogP contribution >= 0.6 is 0 Å². The first-order chi connectivity index (χ1) is 14.4. The summed E-state index contributed by atoms with van der Waals surface area (Å²) in [7, 11) is 2.13. The van der Waals surface area contributed by atoms with Gasteiger partial charge in [0.25, 0.3) is 0 Å². The van der Waals surface area contributed by atoms with E-state index < -0.39 is 11.4 Å². The number of carboxylic acid groups (broad SMARTS) is 1. The zero-order valence-corrected chi connectivity index (χ0v) is 18.1. The van der Waals surface area contributed by atoms with Gasteiger partial charge in [-0.3, -0.25) is 4.79 Å². The fraction of sp³-hybridized carbons (Fsp3) is 0.440. The van der Waals surface area contributed by atoms with E-state index in [1.165, 1.54) is 16.9 Å². The number of benzene rings is 2. The summed E-state index contributed by atoms with van der Waals surface area (Å²) in [5.74, 6) is 0.947. The topological polar surface area (TPSA) is 58.4 Å². The lowest BCUT2D eigenvalue weighted by Crippen LogP contribution is -2.35. The lowest BCUT2D eigenvalue weighted by molar-refractivity contribution is -0.142. The summed E-state index contributed by atoms with van der Waals surface area (Å²) in [6.07, 6.45) is 3.27. The molecule has 2 heterocycles. The highest BCUT2D eigenvalue weighted by atomic mass is 16.4. The van der Waals surface area contributed by atoms with Crippen molar-refractivity contribution in [2.45, 2.75) is 44.4 Å². The number of piperidine rings is 1. The molecular weight excluding hydrogens is 374 g/mol. The van der Waals surface area contributed by atoms with Crippen molar-refractivity contribution in [1.82, 2.24) is 14.5 Å². The van der Waals surface area contributed by atoms with Gasteiger partial charge in [-0.2, -0.15) is 0 Å². The molecule has 4 rings (SSSR count). The number of aliphatic carboxylic acids is 1. The normalized spacial score (nSPS) is 16.2. The maximum Gasteiger partial charge on any atom is 0.313 e. The summed E-state index contributed by atoms with van der Waals surface area (Å²) < 4.78 is 2.26. The van der Waals surface area contributed by atoms with Crippen LogP contribution in [-0.2, 0) is 23.7 Å². The molecule has 5 nitrogen and oxygen atoms in total. The number of likely N-dealkylation sites (tertiary alicyclic amines) is 1. The fourth-order valence-corrected chi connectivity index (χ4v) is 4.44. The molecule has 0 amide bonds. The molecule has 158 valence electrons. The van der Waals surface area contributed by atoms with E-state index in [4.69, 9.17) is 4.98 Å². The van der Waals surface area contributed by atoms with E-state index in [0.29, 0.717) is 5.92 Å². The predicted molar refractivity (Wildman–Crippen MR) is 120 cm³/mol. The van der Waals surface area contributed by atoms with Crippen molar-refractivity contribution in [3.05, 3.63) is 65.5 Å². The summed E-state index contributed by atoms with van der Waals surface area (Å²) in [5.41, 5.74) is 3.56. The van der Waals surface area contributed by atoms with E-state index in [9.17, 15) is 9.90 Å². The Balaban J connectivity index is 1.32. The molecule has 30 heavy (non-hydrogen) atoms. The lowest BCUT2D eigenvalue weighted by Gasteiger charge is -2.31. The Morgan fingerprint density at radius 1 is 1.10 bits per heavy atom. The second-order valence-electron chi connectivity index (χ2n) is 9.01. The van der Waals surface area contributed by atoms with Crippen LogP contribution in [0.25, 0.3) is 11.0 Å². The third kappa shape index (κ3) is 3.99. The zero-order chi connectivity index (χ0) is 21.3. The van der Waals surface area contributed by atoms with Gasteiger partial charge in [0.05, 0.1) is 16.4 Å². The Kier molecular flexibility index (Phi) is 5.65. The van der Waals surface area contributed by atoms with E-state index in [0.717, 1.165) is 50.0 Å². The minimum Gasteiger partial charge on any atom is -0.481 e. The van der Waals surface area contributed by atoms with E-state index in [2.05, 4.69) is 52.9 Å². The molecule has 1 fully saturated rings. The lowest BCUT2D eigenvalue weighted by atomic mass is 9.84. The number of aryl methyl sites for hydroxylation is 1. The minimum absolute atomic E-state index is 0.524. The average Bonchev–Trinajstić information content (AvgIpc) is 3.09. The van der Waals surface area contributed by atoms with Gasteiger partial charge in [-0.15, -0.1) is 0 Å². The van der Waals surface area contributed by atoms with Crippen molar-refractivity contribution in [2.75, 3.05) is 19.6 Å². The Morgan fingerprint density at radius 3 is 2.40 bits per heavy atom. The highest BCUT2D eigenvalue weighted by molar-refractivity contribution is 5.80. The molecule has 3 aromatic rings. The molecule has 1 aliphatic rings. The van der Waals surface area contributed by atoms with Crippen LogP contribution in [0.5, 0.6) is 0 Å². The molecule has 0 unspecified atom stereocenters. The van der Waals surface area contributed by atoms with Gasteiger partial charge in [-0.1, -0.05) is 36.4 Å². The van der Waals surface area contributed by atoms with Crippen LogP contribution in [0, 0.1) is 0 Å². The number of nitrogens with zero attached hydrogens (tertiary/aromatic N) is 3. The van der Waals surface area contributed by atoms with Gasteiger partial charge < -0.3 is 14.6 Å². The summed E-state index contributed by atoms with van der Waals surface area (Å²) in [6.45, 7) is 6.73. The molecule has 1 saturated heterocycles. The molecule has 1 aromatic heterocycles. The standard InChI is InChI=1S/C25H31N3O2/c1-25(2,24(29)30)20-10-8-18(9-11-20)12-15-28-16-13-19(14-17-28)23-26-21-6-4-5-7-22(21)27(23)3/h4-11,19H,12-17H2,1-3H3,(H,29,30). The smallest absolute Gasteiger partial charge is 0.313 e. The van der Waals surface area contributed by atoms with Crippen LogP contribution < -0.4 is 0 Å². The Hall–Kier alpha value is -2.66. The second-order valence-corrected chi connectivity index (χ2v) is 9.01. The molecule has 1 aliphatic heterocycles. The van der Waals surface area contributed by atoms with Gasteiger partial charge in [-0.25, -0.2) is 4.98 Å². The average molecular weight is 406 g/mol. The van der Waals surface area contributed by atoms with Crippen molar-refractivity contribution in [3.8, 4) is 0 Å². The van der Waals surface area contributed by atoms with Crippen LogP contribution in [0.2, 0.25) is 0 Å². The largest absolute Gasteiger partial charge is 0.481 e.